The predicted molar refractivity (Wildman–Crippen MR) is 139 cm³/mol. The van der Waals surface area contributed by atoms with E-state index in [9.17, 15) is 24.2 Å². The summed E-state index contributed by atoms with van der Waals surface area (Å²) in [6.45, 7) is 3.85. The number of hydrogen-bond donors (Lipinski definition) is 4. The molecule has 1 amide bonds. The first-order chi connectivity index (χ1) is 16.6. The van der Waals surface area contributed by atoms with Crippen molar-refractivity contribution in [3.8, 4) is 22.3 Å². The average Bonchev–Trinajstić information content (AvgIpc) is 3.14. The molecule has 188 valence electrons. The summed E-state index contributed by atoms with van der Waals surface area (Å²) in [6, 6.07) is 15.2. The molecule has 1 heterocycles. The van der Waals surface area contributed by atoms with E-state index in [1.54, 1.807) is 12.1 Å². The van der Waals surface area contributed by atoms with Crippen LogP contribution in [-0.2, 0) is 11.2 Å². The molecule has 0 spiro atoms. The van der Waals surface area contributed by atoms with E-state index >= 15 is 0 Å². The molecule has 7 nitrogen and oxygen atoms in total. The van der Waals surface area contributed by atoms with Crippen LogP contribution in [0.25, 0.3) is 22.3 Å². The van der Waals surface area contributed by atoms with Gasteiger partial charge in [-0.2, -0.15) is 0 Å². The Morgan fingerprint density at radius 3 is 2.06 bits per heavy atom. The second kappa shape index (κ2) is 13.2. The van der Waals surface area contributed by atoms with Crippen LogP contribution < -0.4 is 5.73 Å². The van der Waals surface area contributed by atoms with Crippen molar-refractivity contribution < 1.29 is 29.3 Å². The van der Waals surface area contributed by atoms with Crippen molar-refractivity contribution in [2.75, 3.05) is 0 Å². The summed E-state index contributed by atoms with van der Waals surface area (Å²) in [5, 5.41) is 29.3. The van der Waals surface area contributed by atoms with Crippen LogP contribution >= 0.6 is 0 Å². The van der Waals surface area contributed by atoms with Crippen LogP contribution in [0.1, 0.15) is 55.3 Å². The summed E-state index contributed by atoms with van der Waals surface area (Å²) in [5.74, 6) is -2.14. The normalized spacial score (nSPS) is 12.7. The molecule has 0 saturated heterocycles. The van der Waals surface area contributed by atoms with Gasteiger partial charge < -0.3 is 25.6 Å². The van der Waals surface area contributed by atoms with Crippen LogP contribution in [0.4, 0.5) is 4.39 Å². The average molecular weight is 507 g/mol. The Hall–Kier alpha value is -2.49. The van der Waals surface area contributed by atoms with Crippen LogP contribution in [0.2, 0.25) is 0 Å². The zero-order chi connectivity index (χ0) is 25.7. The van der Waals surface area contributed by atoms with E-state index in [-0.39, 0.29) is 48.4 Å². The van der Waals surface area contributed by atoms with Gasteiger partial charge in [-0.1, -0.05) is 42.5 Å². The van der Waals surface area contributed by atoms with Crippen molar-refractivity contribution in [2.45, 2.75) is 57.8 Å². The number of rotatable bonds is 11. The quantitative estimate of drug-likeness (QED) is 0.296. The van der Waals surface area contributed by atoms with Gasteiger partial charge in [0.25, 0.3) is 5.91 Å². The van der Waals surface area contributed by atoms with Crippen LogP contribution in [0.5, 0.6) is 0 Å². The molecule has 0 aliphatic carbocycles. The monoisotopic (exact) mass is 506 g/mol. The first kappa shape index (κ1) is 29.7. The number of primary amides is 1. The second-order valence-corrected chi connectivity index (χ2v) is 8.93. The minimum absolute atomic E-state index is 0. The molecule has 9 heteroatoms. The van der Waals surface area contributed by atoms with Crippen LogP contribution in [0.3, 0.4) is 0 Å². The molecule has 3 aromatic rings. The molecule has 0 fully saturated rings. The molecule has 0 aliphatic rings. The third-order valence-corrected chi connectivity index (χ3v) is 5.92. The van der Waals surface area contributed by atoms with Crippen molar-refractivity contribution in [2.24, 2.45) is 5.73 Å². The minimum atomic E-state index is -1.17. The molecular formula is C27H32FN2NaO5. The summed E-state index contributed by atoms with van der Waals surface area (Å²) >= 11 is 0. The fourth-order valence-electron chi connectivity index (χ4n) is 4.53. The third kappa shape index (κ3) is 7.05. The summed E-state index contributed by atoms with van der Waals surface area (Å²) in [4.78, 5) is 23.6. The molecule has 0 aliphatic heterocycles. The van der Waals surface area contributed by atoms with Crippen molar-refractivity contribution >= 4 is 41.4 Å². The first-order valence-corrected chi connectivity index (χ1v) is 11.6. The summed E-state index contributed by atoms with van der Waals surface area (Å²) in [7, 11) is 0. The Balaban J connectivity index is 0.00000456. The molecule has 5 N–H and O–H groups in total. The molecule has 3 rings (SSSR count). The van der Waals surface area contributed by atoms with Crippen molar-refractivity contribution in [1.82, 2.24) is 4.57 Å². The van der Waals surface area contributed by atoms with Crippen molar-refractivity contribution in [3.05, 3.63) is 71.8 Å². The molecule has 0 unspecified atom stereocenters. The van der Waals surface area contributed by atoms with Gasteiger partial charge in [0.2, 0.25) is 0 Å². The summed E-state index contributed by atoms with van der Waals surface area (Å²) in [6.07, 6.45) is -2.14. The van der Waals surface area contributed by atoms with Crippen molar-refractivity contribution in [3.63, 3.8) is 0 Å². The first-order valence-electron chi connectivity index (χ1n) is 11.6. The molecular weight excluding hydrogens is 474 g/mol. The van der Waals surface area contributed by atoms with Crippen LogP contribution in [0, 0.1) is 5.82 Å². The number of carboxylic acid groups (broad SMARTS) is 1. The number of aromatic nitrogens is 1. The number of benzene rings is 2. The Morgan fingerprint density at radius 1 is 0.944 bits per heavy atom. The molecule has 1 aromatic heterocycles. The fraction of sp³-hybridized carbons (Fsp3) is 0.333. The van der Waals surface area contributed by atoms with Gasteiger partial charge in [0.15, 0.2) is 0 Å². The zero-order valence-corrected chi connectivity index (χ0v) is 19.8. The Bertz CT molecular complexity index is 1180. The van der Waals surface area contributed by atoms with E-state index in [4.69, 9.17) is 10.8 Å². The Morgan fingerprint density at radius 2 is 1.53 bits per heavy atom. The number of carbonyl (C=O) groups is 2. The molecule has 2 atom stereocenters. The second-order valence-electron chi connectivity index (χ2n) is 8.93. The van der Waals surface area contributed by atoms with E-state index in [0.29, 0.717) is 23.2 Å². The van der Waals surface area contributed by atoms with E-state index < -0.39 is 36.3 Å². The summed E-state index contributed by atoms with van der Waals surface area (Å²) < 4.78 is 15.6. The Kier molecular flexibility index (Phi) is 10.9. The maximum absolute atomic E-state index is 13.8. The van der Waals surface area contributed by atoms with Gasteiger partial charge in [0.1, 0.15) is 11.5 Å². The SMILES string of the molecule is CC(C)n1c(CC[C@@H](O)C[C@@H](O)CC(=O)O)c(-c2ccc(F)cc2)c(-c2ccccc2)c1C(N)=O.[NaH]. The number of halogens is 1. The molecule has 0 bridgehead atoms. The number of carboxylic acids is 1. The van der Waals surface area contributed by atoms with Gasteiger partial charge in [0, 0.05) is 22.9 Å². The molecule has 36 heavy (non-hydrogen) atoms. The Labute approximate surface area is 232 Å². The topological polar surface area (TPSA) is 126 Å². The third-order valence-electron chi connectivity index (χ3n) is 5.92. The van der Waals surface area contributed by atoms with Gasteiger partial charge in [-0.15, -0.1) is 0 Å². The van der Waals surface area contributed by atoms with E-state index in [2.05, 4.69) is 0 Å². The van der Waals surface area contributed by atoms with Crippen LogP contribution in [-0.4, -0.2) is 73.5 Å². The van der Waals surface area contributed by atoms with Crippen molar-refractivity contribution in [1.29, 1.82) is 0 Å². The number of carbonyl (C=O) groups excluding carboxylic acids is 1. The number of nitrogens with two attached hydrogens (primary N) is 1. The number of amides is 1. The van der Waals surface area contributed by atoms with Gasteiger partial charge in [0.05, 0.1) is 18.6 Å². The van der Waals surface area contributed by atoms with Gasteiger partial charge in [-0.3, -0.25) is 9.59 Å². The van der Waals surface area contributed by atoms with E-state index in [1.165, 1.54) is 12.1 Å². The van der Waals surface area contributed by atoms with Crippen LogP contribution in [0.15, 0.2) is 54.6 Å². The number of aliphatic carboxylic acids is 1. The maximum atomic E-state index is 13.8. The standard InChI is InChI=1S/C27H31FN2O5.Na.H/c1-16(2)30-22(13-12-20(31)14-21(32)15-23(33)34)24(18-8-10-19(28)11-9-18)25(26(30)27(29)35)17-6-4-3-5-7-17;;/h3-11,16,20-21,31-32H,12-15H2,1-2H3,(H2,29,35)(H,33,34);;/t20-,21-;;/m1../s1. The van der Waals surface area contributed by atoms with Gasteiger partial charge in [-0.25, -0.2) is 4.39 Å². The van der Waals surface area contributed by atoms with Gasteiger partial charge in [-0.05, 0) is 56.4 Å². The number of nitrogens with zero attached hydrogens (tertiary/aromatic N) is 1. The van der Waals surface area contributed by atoms with E-state index in [0.717, 1.165) is 16.8 Å². The molecule has 0 saturated carbocycles. The zero-order valence-electron chi connectivity index (χ0n) is 19.8. The molecule has 2 aromatic carbocycles. The summed E-state index contributed by atoms with van der Waals surface area (Å²) in [5.41, 5.74) is 9.77. The van der Waals surface area contributed by atoms with E-state index in [1.807, 2.05) is 48.7 Å². The number of hydrogen-bond acceptors (Lipinski definition) is 4. The molecule has 0 radical (unpaired) electrons. The predicted octanol–water partition coefficient (Wildman–Crippen LogP) is 3.51. The van der Waals surface area contributed by atoms with Gasteiger partial charge >= 0.3 is 35.5 Å². The fourth-order valence-corrected chi connectivity index (χ4v) is 4.53. The number of aliphatic hydroxyl groups is 2. The number of aliphatic hydroxyl groups excluding tert-OH is 2.